The van der Waals surface area contributed by atoms with Crippen molar-refractivity contribution in [2.24, 2.45) is 0 Å². The third kappa shape index (κ3) is 5.06. The van der Waals surface area contributed by atoms with Gasteiger partial charge in [0, 0.05) is 41.0 Å². The zero-order chi connectivity index (χ0) is 23.4. The molecule has 4 aromatic rings. The van der Waals surface area contributed by atoms with Crippen LogP contribution in [0.3, 0.4) is 0 Å². The van der Waals surface area contributed by atoms with Gasteiger partial charge in [-0.2, -0.15) is 0 Å². The summed E-state index contributed by atoms with van der Waals surface area (Å²) in [6.45, 7) is 1.65. The van der Waals surface area contributed by atoms with Crippen molar-refractivity contribution >= 4 is 33.7 Å². The molecule has 2 aromatic carbocycles. The molecule has 8 heteroatoms. The quantitative estimate of drug-likeness (QED) is 0.337. The topological polar surface area (TPSA) is 122 Å². The summed E-state index contributed by atoms with van der Waals surface area (Å²) in [5.74, 6) is -1.36. The second-order valence-corrected chi connectivity index (χ2v) is 7.81. The Balaban J connectivity index is 1.42. The molecule has 33 heavy (non-hydrogen) atoms. The predicted molar refractivity (Wildman–Crippen MR) is 124 cm³/mol. The minimum atomic E-state index is -1.13. The molecule has 0 aliphatic rings. The fourth-order valence-corrected chi connectivity index (χ4v) is 3.88. The van der Waals surface area contributed by atoms with Crippen molar-refractivity contribution < 1.29 is 23.8 Å². The van der Waals surface area contributed by atoms with E-state index >= 15 is 0 Å². The van der Waals surface area contributed by atoms with Gasteiger partial charge in [-0.3, -0.25) is 4.79 Å². The molecule has 0 spiro atoms. The number of hydrogen-bond acceptors (Lipinski definition) is 5. The number of aromatic nitrogens is 1. The van der Waals surface area contributed by atoms with Crippen LogP contribution in [0, 0.1) is 0 Å². The smallest absolute Gasteiger partial charge is 0.336 e. The highest BCUT2D eigenvalue weighted by Crippen LogP contribution is 2.24. The molecule has 0 aliphatic carbocycles. The highest BCUT2D eigenvalue weighted by atomic mass is 16.5. The van der Waals surface area contributed by atoms with Gasteiger partial charge in [0.2, 0.25) is 0 Å². The second-order valence-electron chi connectivity index (χ2n) is 7.81. The molecule has 0 saturated heterocycles. The molecule has 0 radical (unpaired) electrons. The first-order valence-electron chi connectivity index (χ1n) is 10.7. The van der Waals surface area contributed by atoms with E-state index < -0.39 is 23.5 Å². The number of para-hydroxylation sites is 1. The standard InChI is InChI=1S/C25H24N2O6/c1-2-5-15-11-24(29)33-22-12-17(8-9-19(15)22)32-14-23(28)27-21(25(30)31)10-16-13-26-20-7-4-3-6-18(16)20/h3-4,6-9,11-13,21,26H,2,5,10,14H2,1H3,(H,27,28)(H,30,31). The number of H-pyrrole nitrogens is 1. The molecule has 1 amide bonds. The predicted octanol–water partition coefficient (Wildman–Crippen LogP) is 3.42. The van der Waals surface area contributed by atoms with Crippen LogP contribution < -0.4 is 15.7 Å². The van der Waals surface area contributed by atoms with E-state index in [1.54, 1.807) is 24.4 Å². The van der Waals surface area contributed by atoms with E-state index in [9.17, 15) is 19.5 Å². The molecule has 170 valence electrons. The van der Waals surface area contributed by atoms with Gasteiger partial charge in [0.15, 0.2) is 6.61 Å². The van der Waals surface area contributed by atoms with Gasteiger partial charge in [0.25, 0.3) is 5.91 Å². The van der Waals surface area contributed by atoms with Crippen LogP contribution >= 0.6 is 0 Å². The highest BCUT2D eigenvalue weighted by Gasteiger charge is 2.22. The summed E-state index contributed by atoms with van der Waals surface area (Å²) in [5.41, 5.74) is 2.53. The van der Waals surface area contributed by atoms with Crippen molar-refractivity contribution in [2.45, 2.75) is 32.2 Å². The van der Waals surface area contributed by atoms with Gasteiger partial charge >= 0.3 is 11.6 Å². The number of rotatable bonds is 9. The number of carbonyl (C=O) groups excluding carboxylic acids is 1. The number of benzene rings is 2. The van der Waals surface area contributed by atoms with E-state index in [0.29, 0.717) is 11.3 Å². The van der Waals surface area contributed by atoms with Gasteiger partial charge < -0.3 is 24.6 Å². The van der Waals surface area contributed by atoms with Crippen LogP contribution in [-0.2, 0) is 22.4 Å². The summed E-state index contributed by atoms with van der Waals surface area (Å²) in [5, 5.41) is 13.8. The average Bonchev–Trinajstić information content (AvgIpc) is 3.20. The lowest BCUT2D eigenvalue weighted by Crippen LogP contribution is -2.44. The molecule has 4 rings (SSSR count). The Labute approximate surface area is 189 Å². The molecule has 0 aliphatic heterocycles. The van der Waals surface area contributed by atoms with Gasteiger partial charge in [0.05, 0.1) is 0 Å². The lowest BCUT2D eigenvalue weighted by Gasteiger charge is -2.15. The number of carbonyl (C=O) groups is 2. The van der Waals surface area contributed by atoms with Crippen molar-refractivity contribution in [2.75, 3.05) is 6.61 Å². The van der Waals surface area contributed by atoms with E-state index in [1.807, 2.05) is 31.2 Å². The summed E-state index contributed by atoms with van der Waals surface area (Å²) in [7, 11) is 0. The molecule has 2 aromatic heterocycles. The van der Waals surface area contributed by atoms with E-state index in [2.05, 4.69) is 10.3 Å². The number of nitrogens with one attached hydrogen (secondary N) is 2. The van der Waals surface area contributed by atoms with Crippen LogP contribution in [0.2, 0.25) is 0 Å². The lowest BCUT2D eigenvalue weighted by atomic mass is 10.1. The summed E-state index contributed by atoms with van der Waals surface area (Å²) >= 11 is 0. The maximum atomic E-state index is 12.4. The number of fused-ring (bicyclic) bond motifs is 2. The van der Waals surface area contributed by atoms with Crippen LogP contribution in [0.4, 0.5) is 0 Å². The third-order valence-corrected chi connectivity index (χ3v) is 5.42. The van der Waals surface area contributed by atoms with Crippen LogP contribution in [0.5, 0.6) is 5.75 Å². The summed E-state index contributed by atoms with van der Waals surface area (Å²) in [6, 6.07) is 13.0. The molecule has 1 unspecified atom stereocenters. The van der Waals surface area contributed by atoms with Crippen LogP contribution in [0.15, 0.2) is 63.9 Å². The Bertz CT molecular complexity index is 1370. The first kappa shape index (κ1) is 22.1. The van der Waals surface area contributed by atoms with E-state index in [4.69, 9.17) is 9.15 Å². The number of aromatic amines is 1. The van der Waals surface area contributed by atoms with Gasteiger partial charge in [-0.25, -0.2) is 9.59 Å². The number of amides is 1. The first-order valence-corrected chi connectivity index (χ1v) is 10.7. The molecule has 2 heterocycles. The summed E-state index contributed by atoms with van der Waals surface area (Å²) in [4.78, 5) is 39.1. The molecular formula is C25H24N2O6. The fraction of sp³-hybridized carbons (Fsp3) is 0.240. The largest absolute Gasteiger partial charge is 0.484 e. The Morgan fingerprint density at radius 3 is 2.73 bits per heavy atom. The van der Waals surface area contributed by atoms with Crippen LogP contribution in [-0.4, -0.2) is 34.6 Å². The lowest BCUT2D eigenvalue weighted by molar-refractivity contribution is -0.142. The van der Waals surface area contributed by atoms with Crippen molar-refractivity contribution in [1.82, 2.24) is 10.3 Å². The molecule has 1 atom stereocenters. The van der Waals surface area contributed by atoms with Gasteiger partial charge in [-0.1, -0.05) is 31.5 Å². The Kier molecular flexibility index (Phi) is 6.44. The zero-order valence-electron chi connectivity index (χ0n) is 18.1. The normalized spacial score (nSPS) is 12.0. The van der Waals surface area contributed by atoms with E-state index in [0.717, 1.165) is 40.3 Å². The Hall–Kier alpha value is -4.07. The van der Waals surface area contributed by atoms with Crippen molar-refractivity contribution in [3.8, 4) is 5.75 Å². The van der Waals surface area contributed by atoms with Crippen LogP contribution in [0.25, 0.3) is 21.9 Å². The van der Waals surface area contributed by atoms with Crippen molar-refractivity contribution in [3.63, 3.8) is 0 Å². The molecular weight excluding hydrogens is 424 g/mol. The number of aliphatic carboxylic acids is 1. The zero-order valence-corrected chi connectivity index (χ0v) is 18.1. The van der Waals surface area contributed by atoms with Crippen molar-refractivity contribution in [3.05, 3.63) is 76.3 Å². The Morgan fingerprint density at radius 1 is 1.12 bits per heavy atom. The molecule has 0 bridgehead atoms. The number of ether oxygens (including phenoxy) is 1. The van der Waals surface area contributed by atoms with Crippen LogP contribution in [0.1, 0.15) is 24.5 Å². The van der Waals surface area contributed by atoms with E-state index in [1.165, 1.54) is 6.07 Å². The Morgan fingerprint density at radius 2 is 1.94 bits per heavy atom. The molecule has 0 fully saturated rings. The highest BCUT2D eigenvalue weighted by molar-refractivity contribution is 5.87. The molecule has 3 N–H and O–H groups in total. The first-order chi connectivity index (χ1) is 15.9. The monoisotopic (exact) mass is 448 g/mol. The van der Waals surface area contributed by atoms with Gasteiger partial charge in [-0.05, 0) is 35.7 Å². The maximum Gasteiger partial charge on any atom is 0.336 e. The van der Waals surface area contributed by atoms with Gasteiger partial charge in [-0.15, -0.1) is 0 Å². The second kappa shape index (κ2) is 9.60. The number of carboxylic acid groups (broad SMARTS) is 1. The number of carboxylic acids is 1. The number of hydrogen-bond donors (Lipinski definition) is 3. The molecule has 0 saturated carbocycles. The maximum absolute atomic E-state index is 12.4. The van der Waals surface area contributed by atoms with E-state index in [-0.39, 0.29) is 13.0 Å². The van der Waals surface area contributed by atoms with Crippen molar-refractivity contribution in [1.29, 1.82) is 0 Å². The number of aryl methyl sites for hydroxylation is 1. The summed E-state index contributed by atoms with van der Waals surface area (Å²) in [6.07, 6.45) is 3.52. The third-order valence-electron chi connectivity index (χ3n) is 5.42. The minimum absolute atomic E-state index is 0.131. The fourth-order valence-electron chi connectivity index (χ4n) is 3.88. The SMILES string of the molecule is CCCc1cc(=O)oc2cc(OCC(=O)NC(Cc3c[nH]c4ccccc34)C(=O)O)ccc12. The summed E-state index contributed by atoms with van der Waals surface area (Å²) < 4.78 is 10.8. The van der Waals surface area contributed by atoms with Gasteiger partial charge in [0.1, 0.15) is 17.4 Å². The minimum Gasteiger partial charge on any atom is -0.484 e. The molecule has 8 nitrogen and oxygen atoms in total. The average molecular weight is 448 g/mol.